The summed E-state index contributed by atoms with van der Waals surface area (Å²) >= 11 is 0. The fourth-order valence-electron chi connectivity index (χ4n) is 1.70. The van der Waals surface area contributed by atoms with E-state index in [1.54, 1.807) is 6.92 Å². The van der Waals surface area contributed by atoms with Crippen molar-refractivity contribution in [1.29, 1.82) is 0 Å². The van der Waals surface area contributed by atoms with E-state index in [4.69, 9.17) is 5.73 Å². The fourth-order valence-corrected chi connectivity index (χ4v) is 1.70. The van der Waals surface area contributed by atoms with Crippen LogP contribution in [0.25, 0.3) is 11.4 Å². The van der Waals surface area contributed by atoms with Crippen molar-refractivity contribution in [2.45, 2.75) is 13.3 Å². The molecule has 0 fully saturated rings. The number of hydrogen-bond acceptors (Lipinski definition) is 5. The topological polar surface area (TPSA) is 94.9 Å². The number of hydrogen-bond donors (Lipinski definition) is 1. The Morgan fingerprint density at radius 3 is 2.65 bits per heavy atom. The van der Waals surface area contributed by atoms with E-state index in [9.17, 15) is 18.9 Å². The molecule has 0 saturated heterocycles. The number of nitrogens with zero attached hydrogens (tertiary/aromatic N) is 3. The van der Waals surface area contributed by atoms with Gasteiger partial charge in [-0.2, -0.15) is 4.39 Å². The normalized spacial score (nSPS) is 10.6. The van der Waals surface area contributed by atoms with Gasteiger partial charge in [0.25, 0.3) is 0 Å². The van der Waals surface area contributed by atoms with Crippen LogP contribution in [0.2, 0.25) is 0 Å². The zero-order valence-corrected chi connectivity index (χ0v) is 10.4. The van der Waals surface area contributed by atoms with Crippen LogP contribution in [0.15, 0.2) is 18.2 Å². The lowest BCUT2D eigenvalue weighted by Gasteiger charge is -2.07. The van der Waals surface area contributed by atoms with Gasteiger partial charge in [-0.05, 0) is 12.5 Å². The van der Waals surface area contributed by atoms with Gasteiger partial charge >= 0.3 is 5.69 Å². The summed E-state index contributed by atoms with van der Waals surface area (Å²) in [5.41, 5.74) is 4.53. The first kappa shape index (κ1) is 13.8. The van der Waals surface area contributed by atoms with E-state index in [-0.39, 0.29) is 11.6 Å². The Labute approximate surface area is 112 Å². The lowest BCUT2D eigenvalue weighted by Crippen LogP contribution is -2.04. The second-order valence-electron chi connectivity index (χ2n) is 3.97. The van der Waals surface area contributed by atoms with Crippen LogP contribution in [0.1, 0.15) is 12.6 Å². The second kappa shape index (κ2) is 5.16. The molecule has 2 aromatic rings. The average molecular weight is 280 g/mol. The molecule has 0 bridgehead atoms. The van der Waals surface area contributed by atoms with Crippen LogP contribution in [0.4, 0.5) is 20.3 Å². The Bertz CT molecular complexity index is 691. The van der Waals surface area contributed by atoms with Gasteiger partial charge < -0.3 is 5.73 Å². The Morgan fingerprint density at radius 2 is 2.05 bits per heavy atom. The molecule has 2 rings (SSSR count). The maximum Gasteiger partial charge on any atom is 0.305 e. The minimum atomic E-state index is -1.32. The van der Waals surface area contributed by atoms with E-state index in [1.807, 2.05) is 0 Å². The number of aromatic nitrogens is 2. The van der Waals surface area contributed by atoms with Crippen molar-refractivity contribution < 1.29 is 13.7 Å². The van der Waals surface area contributed by atoms with E-state index in [1.165, 1.54) is 6.07 Å². The van der Waals surface area contributed by atoms with Crippen molar-refractivity contribution >= 4 is 11.5 Å². The van der Waals surface area contributed by atoms with E-state index < -0.39 is 27.8 Å². The molecule has 0 amide bonds. The molecule has 1 aromatic carbocycles. The van der Waals surface area contributed by atoms with Crippen LogP contribution in [0, 0.1) is 21.7 Å². The van der Waals surface area contributed by atoms with Crippen LogP contribution in [0.3, 0.4) is 0 Å². The minimum Gasteiger partial charge on any atom is -0.384 e. The highest BCUT2D eigenvalue weighted by molar-refractivity contribution is 5.63. The molecule has 0 spiro atoms. The largest absolute Gasteiger partial charge is 0.384 e. The molecule has 6 nitrogen and oxygen atoms in total. The van der Waals surface area contributed by atoms with Crippen LogP contribution in [0.5, 0.6) is 0 Å². The molecule has 20 heavy (non-hydrogen) atoms. The van der Waals surface area contributed by atoms with E-state index >= 15 is 0 Å². The first-order chi connectivity index (χ1) is 9.43. The van der Waals surface area contributed by atoms with Crippen molar-refractivity contribution in [3.8, 4) is 11.4 Å². The monoisotopic (exact) mass is 280 g/mol. The first-order valence-corrected chi connectivity index (χ1v) is 5.70. The third-order valence-electron chi connectivity index (χ3n) is 2.65. The van der Waals surface area contributed by atoms with Gasteiger partial charge in [0, 0.05) is 17.8 Å². The number of aryl methyl sites for hydroxylation is 1. The molecule has 8 heteroatoms. The molecule has 0 aliphatic rings. The number of anilines is 1. The van der Waals surface area contributed by atoms with Crippen LogP contribution in [-0.4, -0.2) is 14.9 Å². The fraction of sp³-hybridized carbons (Fsp3) is 0.167. The molecule has 0 unspecified atom stereocenters. The molecule has 0 aliphatic carbocycles. The predicted octanol–water partition coefficient (Wildman–Crippen LogP) is 2.47. The third kappa shape index (κ3) is 2.40. The summed E-state index contributed by atoms with van der Waals surface area (Å²) < 4.78 is 27.8. The van der Waals surface area contributed by atoms with E-state index in [2.05, 4.69) is 9.97 Å². The zero-order valence-electron chi connectivity index (χ0n) is 10.4. The number of nitro benzene ring substituents is 1. The number of halogens is 2. The highest BCUT2D eigenvalue weighted by Gasteiger charge is 2.24. The Hall–Kier alpha value is -2.64. The van der Waals surface area contributed by atoms with E-state index in [0.29, 0.717) is 12.1 Å². The quantitative estimate of drug-likeness (QED) is 0.688. The zero-order chi connectivity index (χ0) is 14.9. The Morgan fingerprint density at radius 1 is 1.35 bits per heavy atom. The molecule has 1 heterocycles. The van der Waals surface area contributed by atoms with Gasteiger partial charge in [0.15, 0.2) is 5.82 Å². The standard InChI is InChI=1S/C12H10F2N4O2/c1-2-6-5-9(15)17-12(16-6)10-7(13)3-4-8(11(10)14)18(19)20/h3-5H,2H2,1H3,(H2,15,16,17). The van der Waals surface area contributed by atoms with Gasteiger partial charge in [0.2, 0.25) is 5.82 Å². The maximum atomic E-state index is 14.0. The molecule has 0 aliphatic heterocycles. The highest BCUT2D eigenvalue weighted by atomic mass is 19.1. The number of benzene rings is 1. The summed E-state index contributed by atoms with van der Waals surface area (Å²) in [5, 5.41) is 10.7. The van der Waals surface area contributed by atoms with Gasteiger partial charge in [-0.15, -0.1) is 0 Å². The van der Waals surface area contributed by atoms with Gasteiger partial charge in [0.1, 0.15) is 11.6 Å². The second-order valence-corrected chi connectivity index (χ2v) is 3.97. The SMILES string of the molecule is CCc1cc(N)nc(-c2c(F)ccc([N+](=O)[O-])c2F)n1. The summed E-state index contributed by atoms with van der Waals surface area (Å²) in [7, 11) is 0. The van der Waals surface area contributed by atoms with Crippen molar-refractivity contribution in [3.05, 3.63) is 45.6 Å². The van der Waals surface area contributed by atoms with Crippen molar-refractivity contribution in [2.75, 3.05) is 5.73 Å². The summed E-state index contributed by atoms with van der Waals surface area (Å²) in [6.45, 7) is 1.78. The van der Waals surface area contributed by atoms with Gasteiger partial charge in [-0.1, -0.05) is 6.92 Å². The predicted molar refractivity (Wildman–Crippen MR) is 67.8 cm³/mol. The Kier molecular flexibility index (Phi) is 3.55. The molecule has 0 saturated carbocycles. The van der Waals surface area contributed by atoms with Crippen LogP contribution >= 0.6 is 0 Å². The molecule has 1 aromatic heterocycles. The van der Waals surface area contributed by atoms with Crippen LogP contribution in [-0.2, 0) is 6.42 Å². The first-order valence-electron chi connectivity index (χ1n) is 5.70. The minimum absolute atomic E-state index is 0.0390. The van der Waals surface area contributed by atoms with Crippen molar-refractivity contribution in [2.24, 2.45) is 0 Å². The van der Waals surface area contributed by atoms with Gasteiger partial charge in [-0.25, -0.2) is 14.4 Å². The molecule has 2 N–H and O–H groups in total. The van der Waals surface area contributed by atoms with E-state index in [0.717, 1.165) is 12.1 Å². The van der Waals surface area contributed by atoms with Crippen LogP contribution < -0.4 is 5.73 Å². The smallest absolute Gasteiger partial charge is 0.305 e. The molecular weight excluding hydrogens is 270 g/mol. The van der Waals surface area contributed by atoms with Crippen molar-refractivity contribution in [1.82, 2.24) is 9.97 Å². The lowest BCUT2D eigenvalue weighted by atomic mass is 10.1. The molecule has 0 atom stereocenters. The Balaban J connectivity index is 2.72. The summed E-state index contributed by atoms with van der Waals surface area (Å²) in [5.74, 6) is -2.57. The third-order valence-corrected chi connectivity index (χ3v) is 2.65. The highest BCUT2D eigenvalue weighted by Crippen LogP contribution is 2.30. The van der Waals surface area contributed by atoms with Gasteiger partial charge in [-0.3, -0.25) is 10.1 Å². The summed E-state index contributed by atoms with van der Waals surface area (Å²) in [4.78, 5) is 17.4. The van der Waals surface area contributed by atoms with Crippen molar-refractivity contribution in [3.63, 3.8) is 0 Å². The lowest BCUT2D eigenvalue weighted by molar-refractivity contribution is -0.387. The van der Waals surface area contributed by atoms with Gasteiger partial charge in [0.05, 0.1) is 10.5 Å². The molecular formula is C12H10F2N4O2. The molecule has 104 valence electrons. The summed E-state index contributed by atoms with van der Waals surface area (Å²) in [6.07, 6.45) is 0.484. The summed E-state index contributed by atoms with van der Waals surface area (Å²) in [6, 6.07) is 3.02. The number of nitrogen functional groups attached to an aromatic ring is 1. The number of rotatable bonds is 3. The number of nitro groups is 1. The maximum absolute atomic E-state index is 14.0. The average Bonchev–Trinajstić information content (AvgIpc) is 2.37. The number of nitrogens with two attached hydrogens (primary N) is 1. The molecule has 0 radical (unpaired) electrons.